The van der Waals surface area contributed by atoms with Crippen LogP contribution in [0.4, 0.5) is 0 Å². The molecule has 2 heterocycles. The molecule has 0 fully saturated rings. The van der Waals surface area contributed by atoms with Crippen molar-refractivity contribution < 1.29 is 0 Å². The van der Waals surface area contributed by atoms with Crippen LogP contribution in [0, 0.1) is 0 Å². The Bertz CT molecular complexity index is 368. The zero-order chi connectivity index (χ0) is 7.68. The van der Waals surface area contributed by atoms with Gasteiger partial charge in [-0.15, -0.1) is 10.2 Å². The summed E-state index contributed by atoms with van der Waals surface area (Å²) in [5, 5.41) is 8.90. The Morgan fingerprint density at radius 2 is 2.27 bits per heavy atom. The quantitative estimate of drug-likeness (QED) is 0.599. The van der Waals surface area contributed by atoms with Gasteiger partial charge in [0.1, 0.15) is 0 Å². The van der Waals surface area contributed by atoms with Gasteiger partial charge in [-0.1, -0.05) is 17.8 Å². The molecule has 2 aromatic rings. The molecule has 0 unspecified atom stereocenters. The highest BCUT2D eigenvalue weighted by Crippen LogP contribution is 2.12. The molecule has 56 valence electrons. The third kappa shape index (κ3) is 0.991. The molecule has 0 amide bonds. The number of aromatic nitrogens is 3. The fourth-order valence-electron chi connectivity index (χ4n) is 0.959. The lowest BCUT2D eigenvalue weighted by atomic mass is 10.5. The van der Waals surface area contributed by atoms with Crippen molar-refractivity contribution in [3.05, 3.63) is 24.4 Å². The topological polar surface area (TPSA) is 30.2 Å². The highest BCUT2D eigenvalue weighted by atomic mass is 32.2. The van der Waals surface area contributed by atoms with Crippen LogP contribution < -0.4 is 0 Å². The lowest BCUT2D eigenvalue weighted by Gasteiger charge is -1.92. The fourth-order valence-corrected chi connectivity index (χ4v) is 1.43. The normalized spacial score (nSPS) is 10.6. The van der Waals surface area contributed by atoms with Gasteiger partial charge in [0.05, 0.1) is 0 Å². The molecule has 0 spiro atoms. The summed E-state index contributed by atoms with van der Waals surface area (Å²) in [4.78, 5) is 0. The van der Waals surface area contributed by atoms with E-state index in [0.717, 1.165) is 10.8 Å². The molecule has 4 heteroatoms. The summed E-state index contributed by atoms with van der Waals surface area (Å²) in [6, 6.07) is 5.86. The Morgan fingerprint density at radius 1 is 1.36 bits per heavy atom. The predicted octanol–water partition coefficient (Wildman–Crippen LogP) is 1.45. The van der Waals surface area contributed by atoms with Crippen molar-refractivity contribution in [2.24, 2.45) is 0 Å². The third-order valence-electron chi connectivity index (χ3n) is 1.47. The van der Waals surface area contributed by atoms with Crippen molar-refractivity contribution in [3.8, 4) is 0 Å². The summed E-state index contributed by atoms with van der Waals surface area (Å²) in [5.41, 5.74) is 0.900. The van der Waals surface area contributed by atoms with E-state index in [0.29, 0.717) is 0 Å². The number of nitrogens with zero attached hydrogens (tertiary/aromatic N) is 3. The van der Waals surface area contributed by atoms with Crippen LogP contribution in [-0.4, -0.2) is 20.9 Å². The number of pyridine rings is 1. The summed E-state index contributed by atoms with van der Waals surface area (Å²) < 4.78 is 1.96. The van der Waals surface area contributed by atoms with E-state index in [9.17, 15) is 0 Å². The molecule has 0 aromatic carbocycles. The average molecular weight is 165 g/mol. The fraction of sp³-hybridized carbons (Fsp3) is 0.143. The summed E-state index contributed by atoms with van der Waals surface area (Å²) in [7, 11) is 0. The minimum absolute atomic E-state index is 0.900. The van der Waals surface area contributed by atoms with Crippen molar-refractivity contribution in [1.29, 1.82) is 0 Å². The first-order valence-electron chi connectivity index (χ1n) is 3.25. The Labute approximate surface area is 68.4 Å². The molecule has 11 heavy (non-hydrogen) atoms. The maximum Gasteiger partial charge on any atom is 0.195 e. The van der Waals surface area contributed by atoms with E-state index in [4.69, 9.17) is 0 Å². The molecule has 0 saturated heterocycles. The zero-order valence-corrected chi connectivity index (χ0v) is 6.88. The number of fused-ring (bicyclic) bond motifs is 1. The molecule has 0 N–H and O–H groups in total. The predicted molar refractivity (Wildman–Crippen MR) is 44.8 cm³/mol. The maximum absolute atomic E-state index is 3.99. The lowest BCUT2D eigenvalue weighted by Crippen LogP contribution is -1.83. The van der Waals surface area contributed by atoms with E-state index in [2.05, 4.69) is 10.2 Å². The monoisotopic (exact) mass is 165 g/mol. The SMILES string of the molecule is CSc1nnc2ccccn12. The van der Waals surface area contributed by atoms with E-state index in [1.807, 2.05) is 35.1 Å². The van der Waals surface area contributed by atoms with Gasteiger partial charge >= 0.3 is 0 Å². The van der Waals surface area contributed by atoms with Gasteiger partial charge in [0.15, 0.2) is 10.8 Å². The smallest absolute Gasteiger partial charge is 0.195 e. The van der Waals surface area contributed by atoms with Crippen LogP contribution in [0.3, 0.4) is 0 Å². The van der Waals surface area contributed by atoms with Gasteiger partial charge in [-0.25, -0.2) is 0 Å². The van der Waals surface area contributed by atoms with Gasteiger partial charge in [-0.05, 0) is 18.4 Å². The molecule has 0 bridgehead atoms. The Balaban J connectivity index is 2.76. The Morgan fingerprint density at radius 3 is 3.09 bits per heavy atom. The second kappa shape index (κ2) is 2.54. The van der Waals surface area contributed by atoms with Gasteiger partial charge in [0.2, 0.25) is 0 Å². The summed E-state index contributed by atoms with van der Waals surface area (Å²) in [6.07, 6.45) is 3.95. The van der Waals surface area contributed by atoms with E-state index in [-0.39, 0.29) is 0 Å². The molecule has 0 aliphatic rings. The molecule has 3 nitrogen and oxygen atoms in total. The van der Waals surface area contributed by atoms with Gasteiger partial charge < -0.3 is 0 Å². The Kier molecular flexibility index (Phi) is 1.54. The highest BCUT2D eigenvalue weighted by molar-refractivity contribution is 7.98. The minimum Gasteiger partial charge on any atom is -0.277 e. The van der Waals surface area contributed by atoms with Crippen molar-refractivity contribution >= 4 is 17.4 Å². The van der Waals surface area contributed by atoms with Crippen LogP contribution in [0.1, 0.15) is 0 Å². The van der Waals surface area contributed by atoms with Gasteiger partial charge in [-0.3, -0.25) is 4.40 Å². The van der Waals surface area contributed by atoms with Crippen LogP contribution in [0.5, 0.6) is 0 Å². The van der Waals surface area contributed by atoms with Crippen molar-refractivity contribution in [3.63, 3.8) is 0 Å². The second-order valence-electron chi connectivity index (χ2n) is 2.12. The van der Waals surface area contributed by atoms with Gasteiger partial charge in [0.25, 0.3) is 0 Å². The van der Waals surface area contributed by atoms with Crippen molar-refractivity contribution in [2.75, 3.05) is 6.26 Å². The van der Waals surface area contributed by atoms with Crippen LogP contribution in [0.2, 0.25) is 0 Å². The molecule has 0 saturated carbocycles. The Hall–Kier alpha value is -1.03. The molecular weight excluding hydrogens is 158 g/mol. The molecule has 0 aliphatic carbocycles. The first-order valence-corrected chi connectivity index (χ1v) is 4.48. The minimum atomic E-state index is 0.900. The number of hydrogen-bond donors (Lipinski definition) is 0. The third-order valence-corrected chi connectivity index (χ3v) is 2.11. The van der Waals surface area contributed by atoms with Crippen molar-refractivity contribution in [2.45, 2.75) is 5.16 Å². The number of rotatable bonds is 1. The van der Waals surface area contributed by atoms with E-state index < -0.39 is 0 Å². The van der Waals surface area contributed by atoms with Crippen LogP contribution in [0.25, 0.3) is 5.65 Å². The van der Waals surface area contributed by atoms with Crippen molar-refractivity contribution in [1.82, 2.24) is 14.6 Å². The molecule has 2 rings (SSSR count). The number of hydrogen-bond acceptors (Lipinski definition) is 3. The summed E-state index contributed by atoms with van der Waals surface area (Å²) in [6.45, 7) is 0. The van der Waals surface area contributed by atoms with Crippen LogP contribution in [0.15, 0.2) is 29.6 Å². The maximum atomic E-state index is 3.99. The molecule has 0 atom stereocenters. The standard InChI is InChI=1S/C7H7N3S/c1-11-7-9-8-6-4-2-3-5-10(6)7/h2-5H,1H3. The van der Waals surface area contributed by atoms with Gasteiger partial charge in [0, 0.05) is 6.20 Å². The average Bonchev–Trinajstić information content (AvgIpc) is 2.47. The van der Waals surface area contributed by atoms with Crippen LogP contribution in [-0.2, 0) is 0 Å². The van der Waals surface area contributed by atoms with E-state index >= 15 is 0 Å². The zero-order valence-electron chi connectivity index (χ0n) is 6.06. The van der Waals surface area contributed by atoms with Crippen LogP contribution >= 0.6 is 11.8 Å². The molecule has 0 radical (unpaired) electrons. The first-order chi connectivity index (χ1) is 5.42. The first kappa shape index (κ1) is 6.67. The molecule has 0 aliphatic heterocycles. The summed E-state index contributed by atoms with van der Waals surface area (Å²) in [5.74, 6) is 0. The van der Waals surface area contributed by atoms with E-state index in [1.165, 1.54) is 0 Å². The second-order valence-corrected chi connectivity index (χ2v) is 2.89. The summed E-state index contributed by atoms with van der Waals surface area (Å²) >= 11 is 1.59. The molecule has 2 aromatic heterocycles. The van der Waals surface area contributed by atoms with Gasteiger partial charge in [-0.2, -0.15) is 0 Å². The largest absolute Gasteiger partial charge is 0.277 e. The number of thioether (sulfide) groups is 1. The molecular formula is C7H7N3S. The highest BCUT2D eigenvalue weighted by Gasteiger charge is 1.99. The lowest BCUT2D eigenvalue weighted by molar-refractivity contribution is 0.924. The van der Waals surface area contributed by atoms with E-state index in [1.54, 1.807) is 11.8 Å².